The molecule has 0 saturated heterocycles. The number of nitrogens with two attached hydrogens (primary N) is 1. The summed E-state index contributed by atoms with van der Waals surface area (Å²) < 4.78 is 0. The van der Waals surface area contributed by atoms with Gasteiger partial charge in [-0.05, 0) is 38.3 Å². The van der Waals surface area contributed by atoms with E-state index in [1.54, 1.807) is 0 Å². The Kier molecular flexibility index (Phi) is 4.42. The van der Waals surface area contributed by atoms with Crippen molar-refractivity contribution in [3.63, 3.8) is 0 Å². The van der Waals surface area contributed by atoms with Crippen molar-refractivity contribution in [1.82, 2.24) is 0 Å². The Hall–Kier alpha value is -0.980. The molecular formula is C11H19N. The Balaban J connectivity index is 4.78. The van der Waals surface area contributed by atoms with E-state index in [1.807, 2.05) is 13.8 Å². The van der Waals surface area contributed by atoms with Gasteiger partial charge < -0.3 is 5.73 Å². The maximum absolute atomic E-state index is 5.73. The van der Waals surface area contributed by atoms with Crippen molar-refractivity contribution in [2.45, 2.75) is 34.1 Å². The zero-order chi connectivity index (χ0) is 9.72. The molecule has 0 fully saturated rings. The maximum atomic E-state index is 5.73. The fourth-order valence-electron chi connectivity index (χ4n) is 1.33. The molecule has 12 heavy (non-hydrogen) atoms. The normalized spacial score (nSPS) is 14.2. The second-order valence-electron chi connectivity index (χ2n) is 3.19. The highest BCUT2D eigenvalue weighted by Gasteiger charge is 1.99. The topological polar surface area (TPSA) is 26.0 Å². The van der Waals surface area contributed by atoms with Crippen LogP contribution in [0, 0.1) is 0 Å². The van der Waals surface area contributed by atoms with Crippen LogP contribution in [0.2, 0.25) is 0 Å². The molecule has 0 rings (SSSR count). The first-order valence-corrected chi connectivity index (χ1v) is 4.28. The summed E-state index contributed by atoms with van der Waals surface area (Å²) in [5.41, 5.74) is 10.2. The van der Waals surface area contributed by atoms with Crippen LogP contribution >= 0.6 is 0 Å². The van der Waals surface area contributed by atoms with E-state index in [-0.39, 0.29) is 0 Å². The molecule has 0 aliphatic rings. The number of rotatable bonds is 3. The summed E-state index contributed by atoms with van der Waals surface area (Å²) in [5, 5.41) is 0. The SMILES string of the molecule is C=C(C)/C=C(C)\C(CC)=C(\C)N. The summed E-state index contributed by atoms with van der Waals surface area (Å²) >= 11 is 0. The van der Waals surface area contributed by atoms with E-state index in [0.717, 1.165) is 17.7 Å². The van der Waals surface area contributed by atoms with E-state index in [2.05, 4.69) is 26.5 Å². The number of hydrogen-bond acceptors (Lipinski definition) is 1. The van der Waals surface area contributed by atoms with Crippen LogP contribution in [0.25, 0.3) is 0 Å². The van der Waals surface area contributed by atoms with Gasteiger partial charge in [-0.1, -0.05) is 25.2 Å². The predicted octanol–water partition coefficient (Wildman–Crippen LogP) is 3.15. The third kappa shape index (κ3) is 3.42. The Morgan fingerprint density at radius 1 is 1.33 bits per heavy atom. The molecule has 0 spiro atoms. The minimum absolute atomic E-state index is 0.910. The van der Waals surface area contributed by atoms with Crippen molar-refractivity contribution < 1.29 is 0 Å². The van der Waals surface area contributed by atoms with E-state index in [4.69, 9.17) is 5.73 Å². The highest BCUT2D eigenvalue weighted by atomic mass is 14.6. The van der Waals surface area contributed by atoms with E-state index in [0.29, 0.717) is 0 Å². The molecular weight excluding hydrogens is 146 g/mol. The predicted molar refractivity (Wildman–Crippen MR) is 55.7 cm³/mol. The minimum Gasteiger partial charge on any atom is -0.402 e. The quantitative estimate of drug-likeness (QED) is 0.639. The van der Waals surface area contributed by atoms with Crippen LogP contribution in [0.3, 0.4) is 0 Å². The van der Waals surface area contributed by atoms with Gasteiger partial charge in [0.15, 0.2) is 0 Å². The van der Waals surface area contributed by atoms with Crippen molar-refractivity contribution in [1.29, 1.82) is 0 Å². The molecule has 0 aromatic rings. The van der Waals surface area contributed by atoms with Crippen molar-refractivity contribution >= 4 is 0 Å². The van der Waals surface area contributed by atoms with E-state index >= 15 is 0 Å². The molecule has 0 aromatic carbocycles. The summed E-state index contributed by atoms with van der Waals surface area (Å²) in [7, 11) is 0. The van der Waals surface area contributed by atoms with Gasteiger partial charge in [-0.15, -0.1) is 0 Å². The van der Waals surface area contributed by atoms with Crippen molar-refractivity contribution in [2.75, 3.05) is 0 Å². The monoisotopic (exact) mass is 165 g/mol. The Bertz CT molecular complexity index is 227. The van der Waals surface area contributed by atoms with Gasteiger partial charge in [-0.25, -0.2) is 0 Å². The lowest BCUT2D eigenvalue weighted by atomic mass is 10.0. The van der Waals surface area contributed by atoms with Crippen molar-refractivity contribution in [2.24, 2.45) is 5.73 Å². The van der Waals surface area contributed by atoms with Gasteiger partial charge >= 0.3 is 0 Å². The molecule has 1 heteroatoms. The second kappa shape index (κ2) is 4.81. The standard InChI is InChI=1S/C11H19N/c1-6-11(10(5)12)9(4)7-8(2)3/h7H,2,6,12H2,1,3-5H3/b9-7-,11-10-. The fraction of sp³-hybridized carbons (Fsp3) is 0.455. The molecule has 0 radical (unpaired) electrons. The average molecular weight is 165 g/mol. The Labute approximate surface area is 75.7 Å². The van der Waals surface area contributed by atoms with Gasteiger partial charge in [0.1, 0.15) is 0 Å². The maximum Gasteiger partial charge on any atom is 0.00839 e. The molecule has 0 saturated carbocycles. The summed E-state index contributed by atoms with van der Waals surface area (Å²) in [6.07, 6.45) is 3.05. The van der Waals surface area contributed by atoms with Crippen molar-refractivity contribution in [3.05, 3.63) is 35.1 Å². The molecule has 0 heterocycles. The van der Waals surface area contributed by atoms with Gasteiger partial charge in [0, 0.05) is 5.70 Å². The van der Waals surface area contributed by atoms with Crippen LogP contribution in [0.15, 0.2) is 35.1 Å². The van der Waals surface area contributed by atoms with Gasteiger partial charge in [0.25, 0.3) is 0 Å². The van der Waals surface area contributed by atoms with Gasteiger partial charge in [0.2, 0.25) is 0 Å². The largest absolute Gasteiger partial charge is 0.402 e. The molecule has 0 bridgehead atoms. The molecule has 0 amide bonds. The van der Waals surface area contributed by atoms with Gasteiger partial charge in [-0.2, -0.15) is 0 Å². The summed E-state index contributed by atoms with van der Waals surface area (Å²) in [6, 6.07) is 0. The molecule has 0 aliphatic heterocycles. The summed E-state index contributed by atoms with van der Waals surface area (Å²) in [5.74, 6) is 0. The second-order valence-corrected chi connectivity index (χ2v) is 3.19. The number of allylic oxidation sites excluding steroid dienone is 5. The molecule has 0 aliphatic carbocycles. The molecule has 0 unspecified atom stereocenters. The fourth-order valence-corrected chi connectivity index (χ4v) is 1.33. The van der Waals surface area contributed by atoms with Crippen molar-refractivity contribution in [3.8, 4) is 0 Å². The lowest BCUT2D eigenvalue weighted by molar-refractivity contribution is 1.04. The summed E-state index contributed by atoms with van der Waals surface area (Å²) in [6.45, 7) is 11.9. The highest BCUT2D eigenvalue weighted by molar-refractivity contribution is 5.36. The van der Waals surface area contributed by atoms with Crippen LogP contribution in [0.4, 0.5) is 0 Å². The first-order valence-electron chi connectivity index (χ1n) is 4.28. The average Bonchev–Trinajstić information content (AvgIpc) is 1.85. The molecule has 68 valence electrons. The zero-order valence-electron chi connectivity index (χ0n) is 8.57. The van der Waals surface area contributed by atoms with Gasteiger partial charge in [-0.3, -0.25) is 0 Å². The summed E-state index contributed by atoms with van der Waals surface area (Å²) in [4.78, 5) is 0. The van der Waals surface area contributed by atoms with Crippen LogP contribution in [0.1, 0.15) is 34.1 Å². The van der Waals surface area contributed by atoms with Crippen LogP contribution in [0.5, 0.6) is 0 Å². The van der Waals surface area contributed by atoms with Crippen LogP contribution in [-0.4, -0.2) is 0 Å². The van der Waals surface area contributed by atoms with E-state index in [1.165, 1.54) is 11.1 Å². The highest BCUT2D eigenvalue weighted by Crippen LogP contribution is 2.16. The first-order chi connectivity index (χ1) is 5.49. The van der Waals surface area contributed by atoms with Crippen LogP contribution in [-0.2, 0) is 0 Å². The van der Waals surface area contributed by atoms with Crippen LogP contribution < -0.4 is 5.73 Å². The first kappa shape index (κ1) is 11.0. The zero-order valence-corrected chi connectivity index (χ0v) is 8.57. The lowest BCUT2D eigenvalue weighted by Crippen LogP contribution is -1.98. The molecule has 2 N–H and O–H groups in total. The van der Waals surface area contributed by atoms with Gasteiger partial charge in [0.05, 0.1) is 0 Å². The smallest absolute Gasteiger partial charge is 0.00839 e. The van der Waals surface area contributed by atoms with E-state index in [9.17, 15) is 0 Å². The third-order valence-corrected chi connectivity index (χ3v) is 1.77. The lowest BCUT2D eigenvalue weighted by Gasteiger charge is -2.07. The molecule has 0 atom stereocenters. The minimum atomic E-state index is 0.910. The third-order valence-electron chi connectivity index (χ3n) is 1.77. The molecule has 1 nitrogen and oxygen atoms in total. The van der Waals surface area contributed by atoms with E-state index < -0.39 is 0 Å². The number of hydrogen-bond donors (Lipinski definition) is 1. The Morgan fingerprint density at radius 3 is 2.08 bits per heavy atom. The Morgan fingerprint density at radius 2 is 1.83 bits per heavy atom. The molecule has 0 aromatic heterocycles.